The Morgan fingerprint density at radius 3 is 2.54 bits per heavy atom. The first-order valence-electron chi connectivity index (χ1n) is 3.63. The number of hydrogen-bond acceptors (Lipinski definition) is 2. The number of nitrogens with zero attached hydrogens (tertiary/aromatic N) is 2. The summed E-state index contributed by atoms with van der Waals surface area (Å²) in [6.07, 6.45) is 0.849. The standard InChI is InChI=1S/C9H8N2O2/c1-13-8-4-2-7(3-5-8)9(12)6-11-10/h2-6H,1H3. The van der Waals surface area contributed by atoms with Crippen molar-refractivity contribution in [2.75, 3.05) is 7.11 Å². The van der Waals surface area contributed by atoms with Crippen molar-refractivity contribution in [2.45, 2.75) is 0 Å². The quantitative estimate of drug-likeness (QED) is 0.300. The number of rotatable bonds is 3. The fraction of sp³-hybridized carbons (Fsp3) is 0.111. The first-order chi connectivity index (χ1) is 6.27. The molecule has 0 spiro atoms. The van der Waals surface area contributed by atoms with Crippen molar-refractivity contribution in [2.24, 2.45) is 0 Å². The molecule has 4 nitrogen and oxygen atoms in total. The molecule has 0 radical (unpaired) electrons. The van der Waals surface area contributed by atoms with Crippen molar-refractivity contribution in [3.8, 4) is 5.75 Å². The molecule has 1 rings (SSSR count). The zero-order valence-corrected chi connectivity index (χ0v) is 7.10. The molecule has 0 unspecified atom stereocenters. The largest absolute Gasteiger partial charge is 0.497 e. The van der Waals surface area contributed by atoms with Crippen molar-refractivity contribution < 1.29 is 14.3 Å². The molecule has 0 atom stereocenters. The molecular formula is C9H8N2O2. The summed E-state index contributed by atoms with van der Waals surface area (Å²) in [4.78, 5) is 13.7. The van der Waals surface area contributed by atoms with Gasteiger partial charge in [0.05, 0.1) is 7.11 Å². The van der Waals surface area contributed by atoms with E-state index in [1.165, 1.54) is 0 Å². The number of carbonyl (C=O) groups is 1. The number of Topliss-reactive ketones (excluding diaryl/α,β-unsaturated/α-hetero) is 1. The number of benzene rings is 1. The molecule has 0 fully saturated rings. The van der Waals surface area contributed by atoms with Crippen LogP contribution in [0.1, 0.15) is 10.4 Å². The van der Waals surface area contributed by atoms with Gasteiger partial charge >= 0.3 is 6.21 Å². The highest BCUT2D eigenvalue weighted by Crippen LogP contribution is 2.10. The Morgan fingerprint density at radius 1 is 1.46 bits per heavy atom. The SMILES string of the molecule is COc1ccc(C(=O)C=[N+]=[N-])cc1. The van der Waals surface area contributed by atoms with Gasteiger partial charge in [-0.1, -0.05) is 0 Å². The first kappa shape index (κ1) is 9.16. The molecule has 0 aromatic heterocycles. The van der Waals surface area contributed by atoms with Crippen LogP contribution >= 0.6 is 0 Å². The van der Waals surface area contributed by atoms with Crippen LogP contribution in [0.4, 0.5) is 0 Å². The monoisotopic (exact) mass is 176 g/mol. The molecule has 0 saturated carbocycles. The van der Waals surface area contributed by atoms with E-state index in [0.29, 0.717) is 11.3 Å². The summed E-state index contributed by atoms with van der Waals surface area (Å²) in [5.41, 5.74) is 8.58. The minimum atomic E-state index is -0.342. The van der Waals surface area contributed by atoms with Gasteiger partial charge in [0.1, 0.15) is 5.75 Å². The van der Waals surface area contributed by atoms with Crippen molar-refractivity contribution >= 4 is 12.0 Å². The van der Waals surface area contributed by atoms with Crippen molar-refractivity contribution in [3.05, 3.63) is 35.4 Å². The van der Waals surface area contributed by atoms with E-state index in [1.54, 1.807) is 31.4 Å². The van der Waals surface area contributed by atoms with Crippen LogP contribution in [0.2, 0.25) is 0 Å². The summed E-state index contributed by atoms with van der Waals surface area (Å²) in [7, 11) is 1.55. The van der Waals surface area contributed by atoms with Gasteiger partial charge < -0.3 is 10.3 Å². The second-order valence-corrected chi connectivity index (χ2v) is 2.34. The molecule has 4 heteroatoms. The zero-order valence-electron chi connectivity index (χ0n) is 7.10. The maximum Gasteiger partial charge on any atom is 0.328 e. The zero-order chi connectivity index (χ0) is 9.68. The second-order valence-electron chi connectivity index (χ2n) is 2.34. The second kappa shape index (κ2) is 4.18. The van der Waals surface area contributed by atoms with Gasteiger partial charge in [0.25, 0.3) is 5.78 Å². The Labute approximate surface area is 75.4 Å². The minimum absolute atomic E-state index is 0.342. The molecule has 13 heavy (non-hydrogen) atoms. The van der Waals surface area contributed by atoms with E-state index >= 15 is 0 Å². The highest BCUT2D eigenvalue weighted by Gasteiger charge is 2.05. The summed E-state index contributed by atoms with van der Waals surface area (Å²) in [6, 6.07) is 6.53. The highest BCUT2D eigenvalue weighted by atomic mass is 16.5. The van der Waals surface area contributed by atoms with Gasteiger partial charge in [-0.05, 0) is 24.3 Å². The van der Waals surface area contributed by atoms with Crippen molar-refractivity contribution in [1.82, 2.24) is 0 Å². The van der Waals surface area contributed by atoms with E-state index in [1.807, 2.05) is 0 Å². The lowest BCUT2D eigenvalue weighted by atomic mass is 10.1. The Balaban J connectivity index is 2.92. The lowest BCUT2D eigenvalue weighted by Crippen LogP contribution is -2.00. The van der Waals surface area contributed by atoms with E-state index in [-0.39, 0.29) is 5.78 Å². The predicted molar refractivity (Wildman–Crippen MR) is 47.0 cm³/mol. The van der Waals surface area contributed by atoms with Crippen LogP contribution in [0.3, 0.4) is 0 Å². The fourth-order valence-corrected chi connectivity index (χ4v) is 0.882. The van der Waals surface area contributed by atoms with E-state index < -0.39 is 0 Å². The summed E-state index contributed by atoms with van der Waals surface area (Å²) in [5, 5.41) is 0. The summed E-state index contributed by atoms with van der Waals surface area (Å²) in [5.74, 6) is 0.336. The Kier molecular flexibility index (Phi) is 2.95. The van der Waals surface area contributed by atoms with Gasteiger partial charge in [0.2, 0.25) is 0 Å². The van der Waals surface area contributed by atoms with Crippen LogP contribution in [0, 0.1) is 0 Å². The Morgan fingerprint density at radius 2 is 2.08 bits per heavy atom. The number of hydrogen-bond donors (Lipinski definition) is 0. The normalized spacial score (nSPS) is 8.69. The van der Waals surface area contributed by atoms with Crippen LogP contribution in [0.5, 0.6) is 5.75 Å². The van der Waals surface area contributed by atoms with E-state index in [0.717, 1.165) is 6.21 Å². The van der Waals surface area contributed by atoms with E-state index in [4.69, 9.17) is 10.3 Å². The van der Waals surface area contributed by atoms with Crippen LogP contribution in [-0.2, 0) is 0 Å². The first-order valence-corrected chi connectivity index (χ1v) is 3.63. The molecule has 1 aromatic rings. The van der Waals surface area contributed by atoms with Crippen LogP contribution in [0.15, 0.2) is 24.3 Å². The molecule has 0 bridgehead atoms. The predicted octanol–water partition coefficient (Wildman–Crippen LogP) is 1.18. The van der Waals surface area contributed by atoms with Crippen molar-refractivity contribution in [1.29, 1.82) is 0 Å². The van der Waals surface area contributed by atoms with Crippen molar-refractivity contribution in [3.63, 3.8) is 0 Å². The summed E-state index contributed by atoms with van der Waals surface area (Å²) < 4.78 is 4.91. The molecule has 0 aliphatic carbocycles. The number of carbonyl (C=O) groups excluding carboxylic acids is 1. The third-order valence-electron chi connectivity index (χ3n) is 1.55. The maximum absolute atomic E-state index is 11.1. The van der Waals surface area contributed by atoms with E-state index in [2.05, 4.69) is 4.79 Å². The van der Waals surface area contributed by atoms with Gasteiger partial charge in [-0.2, -0.15) is 4.79 Å². The number of ketones is 1. The fourth-order valence-electron chi connectivity index (χ4n) is 0.882. The van der Waals surface area contributed by atoms with Gasteiger partial charge in [0, 0.05) is 5.56 Å². The summed E-state index contributed by atoms with van der Waals surface area (Å²) in [6.45, 7) is 0. The molecule has 1 aromatic carbocycles. The molecule has 0 heterocycles. The molecule has 0 aliphatic rings. The van der Waals surface area contributed by atoms with Crippen LogP contribution in [-0.4, -0.2) is 23.9 Å². The smallest absolute Gasteiger partial charge is 0.328 e. The van der Waals surface area contributed by atoms with Gasteiger partial charge in [-0.15, -0.1) is 0 Å². The average Bonchev–Trinajstić information content (AvgIpc) is 2.18. The third kappa shape index (κ3) is 2.25. The summed E-state index contributed by atoms with van der Waals surface area (Å²) >= 11 is 0. The Bertz CT molecular complexity index is 350. The number of ether oxygens (including phenoxy) is 1. The topological polar surface area (TPSA) is 62.7 Å². The maximum atomic E-state index is 11.1. The Hall–Kier alpha value is -1.93. The highest BCUT2D eigenvalue weighted by molar-refractivity contribution is 6.33. The van der Waals surface area contributed by atoms with Gasteiger partial charge in [0.15, 0.2) is 0 Å². The lowest BCUT2D eigenvalue weighted by Gasteiger charge is -1.98. The van der Waals surface area contributed by atoms with E-state index in [9.17, 15) is 4.79 Å². The molecular weight excluding hydrogens is 168 g/mol. The molecule has 0 N–H and O–H groups in total. The third-order valence-corrected chi connectivity index (χ3v) is 1.55. The molecule has 66 valence electrons. The average molecular weight is 176 g/mol. The molecule has 0 saturated heterocycles. The van der Waals surface area contributed by atoms with Crippen LogP contribution < -0.4 is 4.74 Å². The molecule has 0 aliphatic heterocycles. The van der Waals surface area contributed by atoms with Gasteiger partial charge in [-0.25, -0.2) is 0 Å². The minimum Gasteiger partial charge on any atom is -0.497 e. The number of methoxy groups -OCH3 is 1. The van der Waals surface area contributed by atoms with Gasteiger partial charge in [-0.3, -0.25) is 4.79 Å². The van der Waals surface area contributed by atoms with Crippen LogP contribution in [0.25, 0.3) is 5.53 Å². The lowest BCUT2D eigenvalue weighted by molar-refractivity contribution is 0.00235. The molecule has 0 amide bonds.